The predicted molar refractivity (Wildman–Crippen MR) is 86.6 cm³/mol. The van der Waals surface area contributed by atoms with E-state index < -0.39 is 0 Å². The second kappa shape index (κ2) is 6.48. The van der Waals surface area contributed by atoms with E-state index in [1.165, 1.54) is 36.6 Å². The molecule has 0 unspecified atom stereocenters. The van der Waals surface area contributed by atoms with Crippen LogP contribution in [0, 0.1) is 5.92 Å². The van der Waals surface area contributed by atoms with Crippen LogP contribution in [-0.4, -0.2) is 20.4 Å². The third-order valence-electron chi connectivity index (χ3n) is 4.25. The number of hydrogen-bond acceptors (Lipinski definition) is 3. The summed E-state index contributed by atoms with van der Waals surface area (Å²) in [5.41, 5.74) is 1.89. The first-order chi connectivity index (χ1) is 10.3. The van der Waals surface area contributed by atoms with Crippen molar-refractivity contribution in [1.82, 2.24) is 9.55 Å². The standard InChI is InChI=1S/C17H20N2OS/c1-13(15-8-3-2-4-9-15)19-12-18-10-16(19)17(20)21-11-14-6-5-7-14/h2-4,8-10,12-14H,5-7,11H2,1H3/t13-/m1/s1. The zero-order chi connectivity index (χ0) is 14.7. The average molecular weight is 300 g/mol. The van der Waals surface area contributed by atoms with Crippen LogP contribution >= 0.6 is 11.8 Å². The maximum atomic E-state index is 12.4. The van der Waals surface area contributed by atoms with Crippen molar-refractivity contribution in [1.29, 1.82) is 0 Å². The lowest BCUT2D eigenvalue weighted by atomic mass is 9.87. The average Bonchev–Trinajstić information content (AvgIpc) is 2.95. The Morgan fingerprint density at radius 1 is 1.38 bits per heavy atom. The van der Waals surface area contributed by atoms with Gasteiger partial charge < -0.3 is 4.57 Å². The Morgan fingerprint density at radius 2 is 2.14 bits per heavy atom. The van der Waals surface area contributed by atoms with Crippen molar-refractivity contribution in [3.63, 3.8) is 0 Å². The van der Waals surface area contributed by atoms with Gasteiger partial charge in [-0.3, -0.25) is 4.79 Å². The molecule has 21 heavy (non-hydrogen) atoms. The molecule has 0 spiro atoms. The molecular weight excluding hydrogens is 280 g/mol. The molecule has 1 aliphatic rings. The van der Waals surface area contributed by atoms with Crippen molar-refractivity contribution in [2.24, 2.45) is 5.92 Å². The molecule has 0 amide bonds. The predicted octanol–water partition coefficient (Wildman–Crippen LogP) is 4.17. The van der Waals surface area contributed by atoms with Gasteiger partial charge in [-0.05, 0) is 31.2 Å². The molecule has 1 heterocycles. The Balaban J connectivity index is 1.72. The molecule has 1 fully saturated rings. The fourth-order valence-corrected chi connectivity index (χ4v) is 3.62. The highest BCUT2D eigenvalue weighted by Crippen LogP contribution is 2.31. The Labute approximate surface area is 129 Å². The number of thioether (sulfide) groups is 1. The first-order valence-corrected chi connectivity index (χ1v) is 8.48. The number of carbonyl (C=O) groups excluding carboxylic acids is 1. The molecule has 1 saturated carbocycles. The SMILES string of the molecule is C[C@H](c1ccccc1)n1cncc1C(=O)SCC1CCC1. The molecule has 1 atom stereocenters. The maximum Gasteiger partial charge on any atom is 0.237 e. The number of aromatic nitrogens is 2. The molecular formula is C17H20N2OS. The van der Waals surface area contributed by atoms with Crippen LogP contribution in [0.4, 0.5) is 0 Å². The second-order valence-electron chi connectivity index (χ2n) is 5.67. The summed E-state index contributed by atoms with van der Waals surface area (Å²) in [4.78, 5) is 16.6. The minimum absolute atomic E-state index is 0.122. The summed E-state index contributed by atoms with van der Waals surface area (Å²) in [7, 11) is 0. The molecule has 1 aromatic carbocycles. The largest absolute Gasteiger partial charge is 0.320 e. The highest BCUT2D eigenvalue weighted by atomic mass is 32.2. The van der Waals surface area contributed by atoms with Crippen molar-refractivity contribution in [3.8, 4) is 0 Å². The number of carbonyl (C=O) groups is 1. The van der Waals surface area contributed by atoms with Gasteiger partial charge in [-0.1, -0.05) is 48.5 Å². The summed E-state index contributed by atoms with van der Waals surface area (Å²) in [6.07, 6.45) is 7.33. The quantitative estimate of drug-likeness (QED) is 0.831. The van der Waals surface area contributed by atoms with E-state index >= 15 is 0 Å². The number of imidazole rings is 1. The van der Waals surface area contributed by atoms with Crippen LogP contribution in [0.2, 0.25) is 0 Å². The van der Waals surface area contributed by atoms with E-state index in [2.05, 4.69) is 24.0 Å². The van der Waals surface area contributed by atoms with Gasteiger partial charge in [0, 0.05) is 5.75 Å². The first-order valence-electron chi connectivity index (χ1n) is 7.49. The maximum absolute atomic E-state index is 12.4. The lowest BCUT2D eigenvalue weighted by Gasteiger charge is -2.24. The third-order valence-corrected chi connectivity index (χ3v) is 5.36. The number of benzene rings is 1. The van der Waals surface area contributed by atoms with Gasteiger partial charge in [-0.25, -0.2) is 4.98 Å². The van der Waals surface area contributed by atoms with Crippen LogP contribution < -0.4 is 0 Å². The Morgan fingerprint density at radius 3 is 2.81 bits per heavy atom. The van der Waals surface area contributed by atoms with E-state index in [0.29, 0.717) is 5.69 Å². The Bertz CT molecular complexity index is 604. The zero-order valence-electron chi connectivity index (χ0n) is 12.2. The molecule has 110 valence electrons. The summed E-state index contributed by atoms with van der Waals surface area (Å²) >= 11 is 1.45. The zero-order valence-corrected chi connectivity index (χ0v) is 13.1. The topological polar surface area (TPSA) is 34.9 Å². The molecule has 1 aromatic heterocycles. The van der Waals surface area contributed by atoms with Crippen LogP contribution in [0.25, 0.3) is 0 Å². The van der Waals surface area contributed by atoms with Gasteiger partial charge in [0.25, 0.3) is 0 Å². The van der Waals surface area contributed by atoms with Gasteiger partial charge in [0.15, 0.2) is 0 Å². The van der Waals surface area contributed by atoms with Gasteiger partial charge in [0.2, 0.25) is 5.12 Å². The van der Waals surface area contributed by atoms with E-state index in [9.17, 15) is 4.79 Å². The van der Waals surface area contributed by atoms with E-state index in [1.807, 2.05) is 22.8 Å². The smallest absolute Gasteiger partial charge is 0.237 e. The summed E-state index contributed by atoms with van der Waals surface area (Å²) in [6, 6.07) is 10.3. The van der Waals surface area contributed by atoms with Crippen molar-refractivity contribution in [2.75, 3.05) is 5.75 Å². The van der Waals surface area contributed by atoms with Crippen LogP contribution in [-0.2, 0) is 0 Å². The summed E-state index contributed by atoms with van der Waals surface area (Å²) in [6.45, 7) is 2.10. The summed E-state index contributed by atoms with van der Waals surface area (Å²) < 4.78 is 1.98. The van der Waals surface area contributed by atoms with Crippen LogP contribution in [0.5, 0.6) is 0 Å². The summed E-state index contributed by atoms with van der Waals surface area (Å²) in [5.74, 6) is 1.69. The van der Waals surface area contributed by atoms with Crippen molar-refractivity contribution in [3.05, 3.63) is 54.1 Å². The fraction of sp³-hybridized carbons (Fsp3) is 0.412. The third kappa shape index (κ3) is 3.21. The first kappa shape index (κ1) is 14.4. The molecule has 0 bridgehead atoms. The van der Waals surface area contributed by atoms with Gasteiger partial charge in [-0.15, -0.1) is 0 Å². The minimum Gasteiger partial charge on any atom is -0.320 e. The normalized spacial score (nSPS) is 16.4. The van der Waals surface area contributed by atoms with Crippen LogP contribution in [0.1, 0.15) is 48.3 Å². The van der Waals surface area contributed by atoms with E-state index in [4.69, 9.17) is 0 Å². The molecule has 4 heteroatoms. The Kier molecular flexibility index (Phi) is 4.44. The second-order valence-corrected chi connectivity index (χ2v) is 6.66. The lowest BCUT2D eigenvalue weighted by molar-refractivity contribution is 0.107. The molecule has 3 rings (SSSR count). The fourth-order valence-electron chi connectivity index (χ4n) is 2.59. The van der Waals surface area contributed by atoms with Crippen molar-refractivity contribution in [2.45, 2.75) is 32.2 Å². The molecule has 2 aromatic rings. The highest BCUT2D eigenvalue weighted by molar-refractivity contribution is 8.14. The van der Waals surface area contributed by atoms with E-state index in [0.717, 1.165) is 11.7 Å². The van der Waals surface area contributed by atoms with Crippen LogP contribution in [0.15, 0.2) is 42.9 Å². The number of hydrogen-bond donors (Lipinski definition) is 0. The van der Waals surface area contributed by atoms with Gasteiger partial charge >= 0.3 is 0 Å². The molecule has 3 nitrogen and oxygen atoms in total. The minimum atomic E-state index is 0.122. The molecule has 0 saturated heterocycles. The van der Waals surface area contributed by atoms with E-state index in [1.54, 1.807) is 12.5 Å². The molecule has 0 N–H and O–H groups in total. The van der Waals surface area contributed by atoms with Crippen LogP contribution in [0.3, 0.4) is 0 Å². The number of rotatable bonds is 5. The number of nitrogens with zero attached hydrogens (tertiary/aromatic N) is 2. The van der Waals surface area contributed by atoms with Gasteiger partial charge in [-0.2, -0.15) is 0 Å². The van der Waals surface area contributed by atoms with Crippen molar-refractivity contribution < 1.29 is 4.79 Å². The highest BCUT2D eigenvalue weighted by Gasteiger charge is 2.22. The molecule has 1 aliphatic carbocycles. The molecule has 0 radical (unpaired) electrons. The Hall–Kier alpha value is -1.55. The van der Waals surface area contributed by atoms with Gasteiger partial charge in [0.05, 0.1) is 18.6 Å². The monoisotopic (exact) mass is 300 g/mol. The summed E-state index contributed by atoms with van der Waals surface area (Å²) in [5, 5.41) is 0.141. The molecule has 0 aliphatic heterocycles. The van der Waals surface area contributed by atoms with Crippen molar-refractivity contribution >= 4 is 16.9 Å². The lowest BCUT2D eigenvalue weighted by Crippen LogP contribution is -2.16. The van der Waals surface area contributed by atoms with E-state index in [-0.39, 0.29) is 11.2 Å². The van der Waals surface area contributed by atoms with Gasteiger partial charge in [0.1, 0.15) is 5.69 Å².